The van der Waals surface area contributed by atoms with E-state index in [1.54, 1.807) is 14.0 Å². The van der Waals surface area contributed by atoms with Gasteiger partial charge in [-0.1, -0.05) is 25.9 Å². The van der Waals surface area contributed by atoms with Crippen molar-refractivity contribution >= 4 is 31.9 Å². The summed E-state index contributed by atoms with van der Waals surface area (Å²) >= 11 is 1.51. The van der Waals surface area contributed by atoms with Crippen LogP contribution in [0.5, 0.6) is 11.5 Å². The average molecular weight is 509 g/mol. The van der Waals surface area contributed by atoms with E-state index in [-0.39, 0.29) is 10.9 Å². The number of hydrogen-bond donors (Lipinski definition) is 2. The van der Waals surface area contributed by atoms with Gasteiger partial charge in [0.15, 0.2) is 5.82 Å². The Morgan fingerprint density at radius 2 is 1.91 bits per heavy atom. The van der Waals surface area contributed by atoms with E-state index in [0.717, 1.165) is 0 Å². The first-order chi connectivity index (χ1) is 15.7. The maximum atomic E-state index is 12.5. The molecule has 0 radical (unpaired) electrons. The van der Waals surface area contributed by atoms with E-state index in [1.807, 2.05) is 13.0 Å². The molecule has 2 rings (SSSR count). The minimum atomic E-state index is -2.23. The van der Waals surface area contributed by atoms with Gasteiger partial charge in [0.1, 0.15) is 17.5 Å². The van der Waals surface area contributed by atoms with Crippen molar-refractivity contribution in [3.05, 3.63) is 34.5 Å². The zero-order valence-corrected chi connectivity index (χ0v) is 23.3. The summed E-state index contributed by atoms with van der Waals surface area (Å²) in [5.41, 5.74) is 7.58. The molecule has 0 saturated heterocycles. The Morgan fingerprint density at radius 1 is 1.26 bits per heavy atom. The zero-order chi connectivity index (χ0) is 25.8. The molecule has 1 heterocycles. The lowest BCUT2D eigenvalue weighted by Gasteiger charge is -2.37. The molecule has 2 amide bonds. The van der Waals surface area contributed by atoms with Crippen LogP contribution in [-0.2, 0) is 10.5 Å². The molecule has 11 heteroatoms. The summed E-state index contributed by atoms with van der Waals surface area (Å²) in [6, 6.07) is 1.37. The van der Waals surface area contributed by atoms with Crippen LogP contribution in [0.1, 0.15) is 66.9 Å². The second-order valence-electron chi connectivity index (χ2n) is 9.73. The average Bonchev–Trinajstić information content (AvgIpc) is 3.13. The highest BCUT2D eigenvalue weighted by atomic mass is 32.2. The van der Waals surface area contributed by atoms with Crippen LogP contribution < -0.4 is 20.2 Å². The third-order valence-corrected chi connectivity index (χ3v) is 11.4. The van der Waals surface area contributed by atoms with E-state index >= 15 is 0 Å². The van der Waals surface area contributed by atoms with Crippen LogP contribution >= 0.6 is 11.8 Å². The van der Waals surface area contributed by atoms with Crippen molar-refractivity contribution in [2.45, 2.75) is 71.5 Å². The van der Waals surface area contributed by atoms with E-state index in [0.29, 0.717) is 51.4 Å². The van der Waals surface area contributed by atoms with Gasteiger partial charge in [-0.25, -0.2) is 0 Å². The fourth-order valence-electron chi connectivity index (χ4n) is 3.15. The zero-order valence-electron chi connectivity index (χ0n) is 21.5. The molecule has 1 aromatic carbocycles. The van der Waals surface area contributed by atoms with Gasteiger partial charge in [0.05, 0.1) is 12.7 Å². The molecule has 2 aromatic rings. The summed E-state index contributed by atoms with van der Waals surface area (Å²) in [6.07, 6.45) is 0. The SMILES string of the molecule is COc1cc(O[Si](C)(C)C(C)(C)C)c(CSC[C@H](NC(C)=O)c2nc(C)no2)c(C(N)=O)c1C. The van der Waals surface area contributed by atoms with Crippen LogP contribution in [0, 0.1) is 13.8 Å². The van der Waals surface area contributed by atoms with E-state index in [9.17, 15) is 9.59 Å². The molecule has 0 bridgehead atoms. The van der Waals surface area contributed by atoms with Gasteiger partial charge in [0.2, 0.25) is 26.0 Å². The molecule has 1 aromatic heterocycles. The van der Waals surface area contributed by atoms with E-state index in [1.165, 1.54) is 18.7 Å². The number of benzene rings is 1. The summed E-state index contributed by atoms with van der Waals surface area (Å²) in [4.78, 5) is 28.5. The molecule has 0 aliphatic carbocycles. The van der Waals surface area contributed by atoms with Gasteiger partial charge < -0.3 is 24.7 Å². The summed E-state index contributed by atoms with van der Waals surface area (Å²) in [6.45, 7) is 15.7. The van der Waals surface area contributed by atoms with Crippen molar-refractivity contribution < 1.29 is 23.3 Å². The van der Waals surface area contributed by atoms with Crippen LogP contribution in [0.25, 0.3) is 0 Å². The second kappa shape index (κ2) is 10.8. The minimum absolute atomic E-state index is 0.0469. The van der Waals surface area contributed by atoms with Crippen molar-refractivity contribution in [1.82, 2.24) is 15.5 Å². The molecule has 0 aliphatic heterocycles. The van der Waals surface area contributed by atoms with E-state index in [2.05, 4.69) is 49.3 Å². The van der Waals surface area contributed by atoms with Crippen molar-refractivity contribution in [3.63, 3.8) is 0 Å². The summed E-state index contributed by atoms with van der Waals surface area (Å²) in [5.74, 6) is 2.09. The fraction of sp³-hybridized carbons (Fsp3) is 0.565. The molecule has 3 N–H and O–H groups in total. The first-order valence-corrected chi connectivity index (χ1v) is 15.1. The van der Waals surface area contributed by atoms with Gasteiger partial charge >= 0.3 is 0 Å². The lowest BCUT2D eigenvalue weighted by molar-refractivity contribution is -0.119. The van der Waals surface area contributed by atoms with Crippen molar-refractivity contribution in [3.8, 4) is 11.5 Å². The summed E-state index contributed by atoms with van der Waals surface area (Å²) < 4.78 is 17.4. The lowest BCUT2D eigenvalue weighted by atomic mass is 10.0. The number of amides is 2. The van der Waals surface area contributed by atoms with Crippen LogP contribution in [-0.4, -0.2) is 43.1 Å². The van der Waals surface area contributed by atoms with Gasteiger partial charge in [0, 0.05) is 35.6 Å². The molecule has 0 unspecified atom stereocenters. The summed E-state index contributed by atoms with van der Waals surface area (Å²) in [5, 5.41) is 6.62. The van der Waals surface area contributed by atoms with Crippen LogP contribution in [0.4, 0.5) is 0 Å². The smallest absolute Gasteiger partial charge is 0.250 e. The molecule has 0 aliphatic rings. The van der Waals surface area contributed by atoms with Crippen LogP contribution in [0.2, 0.25) is 18.1 Å². The number of nitrogens with zero attached hydrogens (tertiary/aromatic N) is 2. The number of primary amides is 1. The van der Waals surface area contributed by atoms with Gasteiger partial charge in [-0.15, -0.1) is 0 Å². The number of carbonyl (C=O) groups is 2. The first kappa shape index (κ1) is 27.7. The number of thioether (sulfide) groups is 1. The Kier molecular flexibility index (Phi) is 8.81. The summed E-state index contributed by atoms with van der Waals surface area (Å²) in [7, 11) is -0.670. The number of carbonyl (C=O) groups excluding carboxylic acids is 2. The number of hydrogen-bond acceptors (Lipinski definition) is 8. The number of nitrogens with one attached hydrogen (secondary N) is 1. The lowest BCUT2D eigenvalue weighted by Crippen LogP contribution is -2.44. The number of ether oxygens (including phenoxy) is 1. The molecular weight excluding hydrogens is 472 g/mol. The highest BCUT2D eigenvalue weighted by molar-refractivity contribution is 7.98. The Morgan fingerprint density at radius 3 is 2.38 bits per heavy atom. The van der Waals surface area contributed by atoms with Crippen LogP contribution in [0.3, 0.4) is 0 Å². The van der Waals surface area contributed by atoms with Crippen LogP contribution in [0.15, 0.2) is 10.6 Å². The fourth-order valence-corrected chi connectivity index (χ4v) is 5.26. The number of nitrogens with two attached hydrogens (primary N) is 1. The minimum Gasteiger partial charge on any atom is -0.543 e. The normalized spacial score (nSPS) is 12.9. The maximum absolute atomic E-state index is 12.5. The first-order valence-electron chi connectivity index (χ1n) is 11.0. The molecule has 0 fully saturated rings. The number of aryl methyl sites for hydroxylation is 1. The predicted molar refractivity (Wildman–Crippen MR) is 136 cm³/mol. The molecule has 0 saturated carbocycles. The second-order valence-corrected chi connectivity index (χ2v) is 15.5. The topological polar surface area (TPSA) is 130 Å². The molecular formula is C23H36N4O5SSi. The van der Waals surface area contributed by atoms with Crippen molar-refractivity contribution in [2.24, 2.45) is 5.73 Å². The Bertz CT molecular complexity index is 1050. The molecule has 34 heavy (non-hydrogen) atoms. The van der Waals surface area contributed by atoms with Gasteiger partial charge in [-0.05, 0) is 32.0 Å². The molecule has 9 nitrogen and oxygen atoms in total. The van der Waals surface area contributed by atoms with Gasteiger partial charge in [-0.3, -0.25) is 9.59 Å². The Labute approximate surface area is 206 Å². The molecule has 1 atom stereocenters. The van der Waals surface area contributed by atoms with E-state index < -0.39 is 20.3 Å². The third-order valence-electron chi connectivity index (χ3n) is 5.99. The quantitative estimate of drug-likeness (QED) is 0.455. The molecule has 188 valence electrons. The number of rotatable bonds is 10. The highest BCUT2D eigenvalue weighted by Gasteiger charge is 2.40. The highest BCUT2D eigenvalue weighted by Crippen LogP contribution is 2.42. The molecule has 0 spiro atoms. The Hall–Kier alpha value is -2.53. The Balaban J connectivity index is 2.44. The third kappa shape index (κ3) is 6.53. The van der Waals surface area contributed by atoms with E-state index in [4.69, 9.17) is 19.4 Å². The van der Waals surface area contributed by atoms with Crippen molar-refractivity contribution in [2.75, 3.05) is 12.9 Å². The number of aromatic nitrogens is 2. The van der Waals surface area contributed by atoms with Crippen molar-refractivity contribution in [1.29, 1.82) is 0 Å². The predicted octanol–water partition coefficient (Wildman–Crippen LogP) is 4.29. The maximum Gasteiger partial charge on any atom is 0.250 e. The standard InChI is InChI=1S/C23H36N4O5SSi/c1-13-18(30-7)10-19(32-34(8,9)23(4,5)6)16(20(13)21(24)29)11-33-12-17(26-15(3)28)22-25-14(2)27-31-22/h10,17H,11-12H2,1-9H3,(H2,24,29)(H,26,28)/t17-/m0/s1. The monoisotopic (exact) mass is 508 g/mol. The largest absolute Gasteiger partial charge is 0.543 e. The number of methoxy groups -OCH3 is 1. The van der Waals surface area contributed by atoms with Gasteiger partial charge in [-0.2, -0.15) is 16.7 Å². The van der Waals surface area contributed by atoms with Gasteiger partial charge in [0.25, 0.3) is 0 Å².